The molecule has 0 radical (unpaired) electrons. The summed E-state index contributed by atoms with van der Waals surface area (Å²) in [6.07, 6.45) is 0.869. The summed E-state index contributed by atoms with van der Waals surface area (Å²) in [5, 5.41) is 6.06. The normalized spacial score (nSPS) is 17.2. The number of amides is 2. The SMILES string of the molecule is Cc1cc(NC(=O)C(C)SCC(=O)N2c3ccccc3CC2C)no1. The number of nitrogens with one attached hydrogen (secondary N) is 1. The van der Waals surface area contributed by atoms with Crippen LogP contribution in [0.1, 0.15) is 25.2 Å². The summed E-state index contributed by atoms with van der Waals surface area (Å²) in [5.74, 6) is 1.11. The summed E-state index contributed by atoms with van der Waals surface area (Å²) >= 11 is 1.32. The largest absolute Gasteiger partial charge is 0.360 e. The average molecular weight is 359 g/mol. The fourth-order valence-corrected chi connectivity index (χ4v) is 3.68. The van der Waals surface area contributed by atoms with Crippen molar-refractivity contribution in [3.05, 3.63) is 41.7 Å². The topological polar surface area (TPSA) is 75.4 Å². The summed E-state index contributed by atoms with van der Waals surface area (Å²) in [6, 6.07) is 9.77. The van der Waals surface area contributed by atoms with Gasteiger partial charge >= 0.3 is 0 Å². The maximum absolute atomic E-state index is 12.7. The summed E-state index contributed by atoms with van der Waals surface area (Å²) < 4.78 is 4.92. The number of para-hydroxylation sites is 1. The van der Waals surface area contributed by atoms with E-state index in [1.807, 2.05) is 30.0 Å². The van der Waals surface area contributed by atoms with Crippen LogP contribution in [0.4, 0.5) is 11.5 Å². The van der Waals surface area contributed by atoms with Crippen molar-refractivity contribution in [3.63, 3.8) is 0 Å². The summed E-state index contributed by atoms with van der Waals surface area (Å²) in [7, 11) is 0. The van der Waals surface area contributed by atoms with Gasteiger partial charge in [-0.3, -0.25) is 9.59 Å². The molecule has 3 rings (SSSR count). The molecule has 132 valence electrons. The molecule has 0 saturated carbocycles. The molecule has 6 nitrogen and oxygen atoms in total. The lowest BCUT2D eigenvalue weighted by Crippen LogP contribution is -2.37. The number of carbonyl (C=O) groups is 2. The highest BCUT2D eigenvalue weighted by atomic mass is 32.2. The molecule has 2 unspecified atom stereocenters. The van der Waals surface area contributed by atoms with Crippen molar-refractivity contribution in [3.8, 4) is 0 Å². The Morgan fingerprint density at radius 2 is 2.20 bits per heavy atom. The molecule has 2 aromatic rings. The van der Waals surface area contributed by atoms with Crippen molar-refractivity contribution in [2.24, 2.45) is 0 Å². The lowest BCUT2D eigenvalue weighted by atomic mass is 10.1. The number of aromatic nitrogens is 1. The molecular formula is C18H21N3O3S. The van der Waals surface area contributed by atoms with Crippen LogP contribution in [0.15, 0.2) is 34.9 Å². The molecule has 1 N–H and O–H groups in total. The van der Waals surface area contributed by atoms with Crippen LogP contribution in [0, 0.1) is 6.92 Å². The quantitative estimate of drug-likeness (QED) is 0.888. The highest BCUT2D eigenvalue weighted by molar-refractivity contribution is 8.01. The summed E-state index contributed by atoms with van der Waals surface area (Å²) in [5.41, 5.74) is 2.18. The molecule has 7 heteroatoms. The predicted molar refractivity (Wildman–Crippen MR) is 98.9 cm³/mol. The van der Waals surface area contributed by atoms with Gasteiger partial charge in [-0.2, -0.15) is 0 Å². The van der Waals surface area contributed by atoms with Crippen molar-refractivity contribution < 1.29 is 14.1 Å². The molecule has 1 aromatic carbocycles. The van der Waals surface area contributed by atoms with Gasteiger partial charge in [-0.15, -0.1) is 11.8 Å². The molecule has 2 atom stereocenters. The van der Waals surface area contributed by atoms with E-state index in [0.29, 0.717) is 11.6 Å². The molecule has 2 heterocycles. The molecule has 0 spiro atoms. The van der Waals surface area contributed by atoms with Gasteiger partial charge in [0.15, 0.2) is 5.82 Å². The zero-order valence-electron chi connectivity index (χ0n) is 14.5. The van der Waals surface area contributed by atoms with E-state index in [1.165, 1.54) is 17.3 Å². The Morgan fingerprint density at radius 1 is 1.44 bits per heavy atom. The van der Waals surface area contributed by atoms with E-state index in [0.717, 1.165) is 12.1 Å². The summed E-state index contributed by atoms with van der Waals surface area (Å²) in [6.45, 7) is 5.59. The molecule has 0 fully saturated rings. The van der Waals surface area contributed by atoms with E-state index in [1.54, 1.807) is 19.9 Å². The Morgan fingerprint density at radius 3 is 2.92 bits per heavy atom. The van der Waals surface area contributed by atoms with Crippen molar-refractivity contribution >= 4 is 35.1 Å². The third-order valence-corrected chi connectivity index (χ3v) is 5.31. The Bertz CT molecular complexity index is 789. The van der Waals surface area contributed by atoms with Crippen LogP contribution in [0.2, 0.25) is 0 Å². The number of anilines is 2. The van der Waals surface area contributed by atoms with Crippen molar-refractivity contribution in [1.82, 2.24) is 5.16 Å². The van der Waals surface area contributed by atoms with Gasteiger partial charge < -0.3 is 14.7 Å². The van der Waals surface area contributed by atoms with Gasteiger partial charge in [-0.1, -0.05) is 23.4 Å². The number of rotatable bonds is 5. The first-order valence-electron chi connectivity index (χ1n) is 8.21. The number of hydrogen-bond acceptors (Lipinski definition) is 5. The van der Waals surface area contributed by atoms with Crippen LogP contribution >= 0.6 is 11.8 Å². The number of aryl methyl sites for hydroxylation is 1. The number of benzene rings is 1. The molecular weight excluding hydrogens is 338 g/mol. The fraction of sp³-hybridized carbons (Fsp3) is 0.389. The molecule has 25 heavy (non-hydrogen) atoms. The van der Waals surface area contributed by atoms with E-state index < -0.39 is 0 Å². The van der Waals surface area contributed by atoms with Gasteiger partial charge in [0.2, 0.25) is 11.8 Å². The Hall–Kier alpha value is -2.28. The predicted octanol–water partition coefficient (Wildman–Crippen LogP) is 3.02. The van der Waals surface area contributed by atoms with Crippen LogP contribution in [0.25, 0.3) is 0 Å². The second kappa shape index (κ2) is 7.31. The first-order valence-corrected chi connectivity index (χ1v) is 9.26. The minimum Gasteiger partial charge on any atom is -0.360 e. The van der Waals surface area contributed by atoms with Crippen LogP contribution in [-0.2, 0) is 16.0 Å². The third kappa shape index (κ3) is 3.87. The van der Waals surface area contributed by atoms with Crippen molar-refractivity contribution in [1.29, 1.82) is 0 Å². The lowest BCUT2D eigenvalue weighted by molar-refractivity contribution is -0.116. The molecule has 0 saturated heterocycles. The van der Waals surface area contributed by atoms with E-state index in [2.05, 4.69) is 16.5 Å². The van der Waals surface area contributed by atoms with E-state index >= 15 is 0 Å². The molecule has 1 aliphatic rings. The highest BCUT2D eigenvalue weighted by Gasteiger charge is 2.30. The molecule has 1 aromatic heterocycles. The second-order valence-corrected chi connectivity index (χ2v) is 7.54. The van der Waals surface area contributed by atoms with Crippen LogP contribution in [0.3, 0.4) is 0 Å². The van der Waals surface area contributed by atoms with Gasteiger partial charge in [0, 0.05) is 17.8 Å². The fourth-order valence-electron chi connectivity index (χ4n) is 2.94. The lowest BCUT2D eigenvalue weighted by Gasteiger charge is -2.23. The van der Waals surface area contributed by atoms with E-state index in [9.17, 15) is 9.59 Å². The first kappa shape index (κ1) is 17.5. The average Bonchev–Trinajstić information content (AvgIpc) is 3.14. The van der Waals surface area contributed by atoms with E-state index in [-0.39, 0.29) is 28.9 Å². The zero-order valence-corrected chi connectivity index (χ0v) is 15.3. The van der Waals surface area contributed by atoms with Gasteiger partial charge in [-0.25, -0.2) is 0 Å². The number of hydrogen-bond donors (Lipinski definition) is 1. The number of fused-ring (bicyclic) bond motifs is 1. The number of nitrogens with zero attached hydrogens (tertiary/aromatic N) is 2. The Balaban J connectivity index is 1.56. The second-order valence-electron chi connectivity index (χ2n) is 6.21. The zero-order chi connectivity index (χ0) is 18.0. The maximum atomic E-state index is 12.7. The molecule has 0 aliphatic carbocycles. The number of thioether (sulfide) groups is 1. The molecule has 2 amide bonds. The van der Waals surface area contributed by atoms with Crippen molar-refractivity contribution in [2.75, 3.05) is 16.0 Å². The van der Waals surface area contributed by atoms with Crippen LogP contribution in [-0.4, -0.2) is 34.0 Å². The van der Waals surface area contributed by atoms with Gasteiger partial charge in [0.25, 0.3) is 0 Å². The van der Waals surface area contributed by atoms with E-state index in [4.69, 9.17) is 4.52 Å². The maximum Gasteiger partial charge on any atom is 0.238 e. The highest BCUT2D eigenvalue weighted by Crippen LogP contribution is 2.32. The van der Waals surface area contributed by atoms with Crippen LogP contribution < -0.4 is 10.2 Å². The minimum atomic E-state index is -0.367. The summed E-state index contributed by atoms with van der Waals surface area (Å²) in [4.78, 5) is 26.7. The van der Waals surface area contributed by atoms with Gasteiger partial charge in [0.1, 0.15) is 5.76 Å². The van der Waals surface area contributed by atoms with Gasteiger partial charge in [-0.05, 0) is 38.8 Å². The van der Waals surface area contributed by atoms with Gasteiger partial charge in [0.05, 0.1) is 11.0 Å². The molecule has 1 aliphatic heterocycles. The smallest absolute Gasteiger partial charge is 0.238 e. The monoisotopic (exact) mass is 359 g/mol. The Labute approximate surface area is 150 Å². The molecule has 0 bridgehead atoms. The van der Waals surface area contributed by atoms with Crippen LogP contribution in [0.5, 0.6) is 0 Å². The standard InChI is InChI=1S/C18H21N3O3S/c1-11-8-14-6-4-5-7-15(14)21(11)17(22)10-25-13(3)18(23)19-16-9-12(2)24-20-16/h4-7,9,11,13H,8,10H2,1-3H3,(H,19,20,23). The van der Waals surface area contributed by atoms with Crippen molar-refractivity contribution in [2.45, 2.75) is 38.5 Å². The number of carbonyl (C=O) groups excluding carboxylic acids is 2. The first-order chi connectivity index (χ1) is 12.0. The Kier molecular flexibility index (Phi) is 5.13. The minimum absolute atomic E-state index is 0.0272. The third-order valence-electron chi connectivity index (χ3n) is 4.18.